The molecule has 2 N–H and O–H groups in total. The fourth-order valence-corrected chi connectivity index (χ4v) is 3.48. The minimum Gasteiger partial charge on any atom is -0.377 e. The van der Waals surface area contributed by atoms with Gasteiger partial charge in [0.05, 0.1) is 18.5 Å². The molecule has 0 amide bonds. The quantitative estimate of drug-likeness (QED) is 0.570. The number of hydrogen-bond acceptors (Lipinski definition) is 4. The molecule has 0 aromatic rings. The third-order valence-electron chi connectivity index (χ3n) is 3.47. The summed E-state index contributed by atoms with van der Waals surface area (Å²) in [6.07, 6.45) is 6.64. The minimum absolute atomic E-state index is 0.205. The van der Waals surface area contributed by atoms with Crippen molar-refractivity contribution in [3.05, 3.63) is 0 Å². The standard InChI is InChI=1S/C14H30N2O3S/c1-13(2)15-9-5-6-12-20(17,18)16-10-11-19-14-7-3-4-8-14/h13-16H,3-12H2,1-2H3. The number of rotatable bonds is 11. The maximum atomic E-state index is 11.7. The van der Waals surface area contributed by atoms with Crippen molar-refractivity contribution in [2.45, 2.75) is 64.5 Å². The van der Waals surface area contributed by atoms with Gasteiger partial charge in [0.2, 0.25) is 10.0 Å². The lowest BCUT2D eigenvalue weighted by atomic mass is 10.3. The lowest BCUT2D eigenvalue weighted by Gasteiger charge is -2.12. The molecule has 1 fully saturated rings. The fraction of sp³-hybridized carbons (Fsp3) is 1.00. The molecule has 20 heavy (non-hydrogen) atoms. The van der Waals surface area contributed by atoms with Crippen molar-refractivity contribution < 1.29 is 13.2 Å². The van der Waals surface area contributed by atoms with E-state index < -0.39 is 10.0 Å². The lowest BCUT2D eigenvalue weighted by Crippen LogP contribution is -2.31. The molecule has 0 atom stereocenters. The largest absolute Gasteiger partial charge is 0.377 e. The van der Waals surface area contributed by atoms with E-state index in [1.54, 1.807) is 0 Å². The molecule has 0 unspecified atom stereocenters. The van der Waals surface area contributed by atoms with Crippen molar-refractivity contribution in [3.8, 4) is 0 Å². The molecule has 0 bridgehead atoms. The van der Waals surface area contributed by atoms with Crippen molar-refractivity contribution >= 4 is 10.0 Å². The maximum Gasteiger partial charge on any atom is 0.211 e. The summed E-state index contributed by atoms with van der Waals surface area (Å²) in [5.41, 5.74) is 0. The predicted octanol–water partition coefficient (Wildman–Crippen LogP) is 1.64. The van der Waals surface area contributed by atoms with Gasteiger partial charge in [-0.3, -0.25) is 0 Å². The second kappa shape index (κ2) is 9.71. The molecule has 0 spiro atoms. The van der Waals surface area contributed by atoms with Gasteiger partial charge in [0, 0.05) is 12.6 Å². The molecular weight excluding hydrogens is 276 g/mol. The van der Waals surface area contributed by atoms with Crippen LogP contribution in [0.15, 0.2) is 0 Å². The first-order valence-corrected chi connectivity index (χ1v) is 9.47. The van der Waals surface area contributed by atoms with Crippen LogP contribution < -0.4 is 10.0 Å². The number of unbranched alkanes of at least 4 members (excludes halogenated alkanes) is 1. The van der Waals surface area contributed by atoms with Crippen LogP contribution in [0.5, 0.6) is 0 Å². The van der Waals surface area contributed by atoms with Crippen molar-refractivity contribution in [3.63, 3.8) is 0 Å². The van der Waals surface area contributed by atoms with Crippen LogP contribution in [0, 0.1) is 0 Å². The van der Waals surface area contributed by atoms with Gasteiger partial charge < -0.3 is 10.1 Å². The molecule has 1 saturated carbocycles. The van der Waals surface area contributed by atoms with Gasteiger partial charge in [0.1, 0.15) is 0 Å². The Kier molecular flexibility index (Phi) is 8.68. The Morgan fingerprint density at radius 2 is 1.85 bits per heavy atom. The molecule has 5 nitrogen and oxygen atoms in total. The van der Waals surface area contributed by atoms with E-state index in [9.17, 15) is 8.42 Å². The average Bonchev–Trinajstić information content (AvgIpc) is 2.87. The van der Waals surface area contributed by atoms with E-state index in [0.29, 0.717) is 31.7 Å². The van der Waals surface area contributed by atoms with Gasteiger partial charge in [-0.1, -0.05) is 26.7 Å². The molecule has 0 radical (unpaired) electrons. The number of sulfonamides is 1. The van der Waals surface area contributed by atoms with E-state index >= 15 is 0 Å². The number of ether oxygens (including phenoxy) is 1. The van der Waals surface area contributed by atoms with Crippen molar-refractivity contribution in [1.29, 1.82) is 0 Å². The minimum atomic E-state index is -3.14. The Morgan fingerprint density at radius 1 is 1.15 bits per heavy atom. The summed E-state index contributed by atoms with van der Waals surface area (Å²) in [7, 11) is -3.14. The van der Waals surface area contributed by atoms with Gasteiger partial charge in [0.15, 0.2) is 0 Å². The molecule has 6 heteroatoms. The molecule has 0 aliphatic heterocycles. The normalized spacial score (nSPS) is 17.1. The lowest BCUT2D eigenvalue weighted by molar-refractivity contribution is 0.0626. The van der Waals surface area contributed by atoms with Gasteiger partial charge in [-0.25, -0.2) is 13.1 Å². The van der Waals surface area contributed by atoms with Crippen molar-refractivity contribution in [2.24, 2.45) is 0 Å². The highest BCUT2D eigenvalue weighted by molar-refractivity contribution is 7.89. The van der Waals surface area contributed by atoms with Gasteiger partial charge in [0.25, 0.3) is 0 Å². The molecule has 1 aliphatic carbocycles. The second-order valence-electron chi connectivity index (χ2n) is 5.81. The zero-order valence-electron chi connectivity index (χ0n) is 12.9. The topological polar surface area (TPSA) is 67.4 Å². The summed E-state index contributed by atoms with van der Waals surface area (Å²) in [6.45, 7) is 5.92. The molecule has 0 aromatic carbocycles. The molecular formula is C14H30N2O3S. The number of nitrogens with one attached hydrogen (secondary N) is 2. The van der Waals surface area contributed by atoms with Gasteiger partial charge in [-0.05, 0) is 32.2 Å². The first kappa shape index (κ1) is 17.9. The van der Waals surface area contributed by atoms with Crippen LogP contribution in [-0.4, -0.2) is 46.0 Å². The third kappa shape index (κ3) is 8.89. The van der Waals surface area contributed by atoms with Crippen LogP contribution in [0.3, 0.4) is 0 Å². The SMILES string of the molecule is CC(C)NCCCCS(=O)(=O)NCCOC1CCCC1. The average molecular weight is 306 g/mol. The van der Waals surface area contributed by atoms with Crippen LogP contribution in [0.2, 0.25) is 0 Å². The highest BCUT2D eigenvalue weighted by Crippen LogP contribution is 2.20. The zero-order valence-corrected chi connectivity index (χ0v) is 13.7. The van der Waals surface area contributed by atoms with Crippen LogP contribution in [-0.2, 0) is 14.8 Å². The molecule has 0 aromatic heterocycles. The Bertz CT molecular complexity index is 338. The predicted molar refractivity (Wildman–Crippen MR) is 82.4 cm³/mol. The van der Waals surface area contributed by atoms with Crippen LogP contribution >= 0.6 is 0 Å². The van der Waals surface area contributed by atoms with Crippen molar-refractivity contribution in [2.75, 3.05) is 25.4 Å². The van der Waals surface area contributed by atoms with E-state index in [4.69, 9.17) is 4.74 Å². The smallest absolute Gasteiger partial charge is 0.211 e. The van der Waals surface area contributed by atoms with E-state index in [-0.39, 0.29) is 5.75 Å². The van der Waals surface area contributed by atoms with Crippen LogP contribution in [0.25, 0.3) is 0 Å². The van der Waals surface area contributed by atoms with Crippen molar-refractivity contribution in [1.82, 2.24) is 10.0 Å². The van der Waals surface area contributed by atoms with E-state index in [2.05, 4.69) is 23.9 Å². The summed E-state index contributed by atoms with van der Waals surface area (Å²) in [4.78, 5) is 0. The summed E-state index contributed by atoms with van der Waals surface area (Å²) >= 11 is 0. The van der Waals surface area contributed by atoms with Gasteiger partial charge in [-0.15, -0.1) is 0 Å². The van der Waals surface area contributed by atoms with E-state index in [0.717, 1.165) is 25.8 Å². The molecule has 120 valence electrons. The summed E-state index contributed by atoms with van der Waals surface area (Å²) < 4.78 is 31.7. The molecule has 1 rings (SSSR count). The maximum absolute atomic E-state index is 11.7. The molecule has 1 aliphatic rings. The second-order valence-corrected chi connectivity index (χ2v) is 7.73. The monoisotopic (exact) mass is 306 g/mol. The zero-order chi connectivity index (χ0) is 14.8. The molecule has 0 heterocycles. The number of hydrogen-bond donors (Lipinski definition) is 2. The fourth-order valence-electron chi connectivity index (χ4n) is 2.36. The van der Waals surface area contributed by atoms with E-state index in [1.807, 2.05) is 0 Å². The van der Waals surface area contributed by atoms with Crippen LogP contribution in [0.4, 0.5) is 0 Å². The Labute approximate surface area is 123 Å². The van der Waals surface area contributed by atoms with Gasteiger partial charge in [-0.2, -0.15) is 0 Å². The first-order chi connectivity index (χ1) is 9.49. The highest BCUT2D eigenvalue weighted by atomic mass is 32.2. The first-order valence-electron chi connectivity index (χ1n) is 7.82. The summed E-state index contributed by atoms with van der Waals surface area (Å²) in [5, 5.41) is 3.28. The van der Waals surface area contributed by atoms with Gasteiger partial charge >= 0.3 is 0 Å². The third-order valence-corrected chi connectivity index (χ3v) is 4.94. The van der Waals surface area contributed by atoms with Crippen LogP contribution in [0.1, 0.15) is 52.4 Å². The molecule has 0 saturated heterocycles. The summed E-state index contributed by atoms with van der Waals surface area (Å²) in [5.74, 6) is 0.205. The Morgan fingerprint density at radius 3 is 2.50 bits per heavy atom. The summed E-state index contributed by atoms with van der Waals surface area (Å²) in [6, 6.07) is 0.456. The highest BCUT2D eigenvalue weighted by Gasteiger charge is 2.15. The Balaban J connectivity index is 1.99. The Hall–Kier alpha value is -0.170. The van der Waals surface area contributed by atoms with E-state index in [1.165, 1.54) is 12.8 Å².